The van der Waals surface area contributed by atoms with Gasteiger partial charge in [-0.1, -0.05) is 31.9 Å². The molecule has 0 aromatic heterocycles. The summed E-state index contributed by atoms with van der Waals surface area (Å²) in [5, 5.41) is 0. The molecule has 2 aromatic rings. The quantitative estimate of drug-likeness (QED) is 0.660. The van der Waals surface area contributed by atoms with E-state index in [1.165, 1.54) is 0 Å². The normalized spacial score (nSPS) is 10.3. The molecule has 4 heteroatoms. The van der Waals surface area contributed by atoms with Gasteiger partial charge in [0.05, 0.1) is 5.56 Å². The molecule has 2 nitrogen and oxygen atoms in total. The van der Waals surface area contributed by atoms with Crippen LogP contribution in [0.1, 0.15) is 21.5 Å². The summed E-state index contributed by atoms with van der Waals surface area (Å²) in [6, 6.07) is 9.24. The first kappa shape index (κ1) is 14.3. The Bertz CT molecular complexity index is 613. The van der Waals surface area contributed by atoms with Crippen molar-refractivity contribution in [1.82, 2.24) is 0 Å². The lowest BCUT2D eigenvalue weighted by Crippen LogP contribution is -1.92. The smallest absolute Gasteiger partial charge is 0.153 e. The average Bonchev–Trinajstić information content (AvgIpc) is 2.38. The summed E-state index contributed by atoms with van der Waals surface area (Å²) in [5.74, 6) is 1.28. The zero-order chi connectivity index (χ0) is 14.0. The molecule has 0 N–H and O–H groups in total. The van der Waals surface area contributed by atoms with Gasteiger partial charge in [0.2, 0.25) is 0 Å². The van der Waals surface area contributed by atoms with Gasteiger partial charge in [0.25, 0.3) is 0 Å². The standard InChI is InChI=1S/C15H12Br2O2/c1-9-5-13(6-10(2)15(9)17)19-14-4-3-12(16)7-11(14)8-18/h3-8H,1-2H3. The highest BCUT2D eigenvalue weighted by Crippen LogP contribution is 2.31. The summed E-state index contributed by atoms with van der Waals surface area (Å²) in [5.41, 5.74) is 2.71. The van der Waals surface area contributed by atoms with Gasteiger partial charge in [-0.15, -0.1) is 0 Å². The fourth-order valence-corrected chi connectivity index (χ4v) is 2.40. The van der Waals surface area contributed by atoms with Crippen LogP contribution in [0.25, 0.3) is 0 Å². The molecule has 0 saturated heterocycles. The maximum Gasteiger partial charge on any atom is 0.153 e. The Morgan fingerprint density at radius 3 is 2.26 bits per heavy atom. The van der Waals surface area contributed by atoms with Crippen molar-refractivity contribution in [2.45, 2.75) is 13.8 Å². The number of benzene rings is 2. The number of hydrogen-bond donors (Lipinski definition) is 0. The summed E-state index contributed by atoms with van der Waals surface area (Å²) in [4.78, 5) is 11.0. The number of rotatable bonds is 3. The summed E-state index contributed by atoms with van der Waals surface area (Å²) >= 11 is 6.85. The van der Waals surface area contributed by atoms with Crippen LogP contribution in [0.3, 0.4) is 0 Å². The van der Waals surface area contributed by atoms with E-state index in [0.29, 0.717) is 11.3 Å². The van der Waals surface area contributed by atoms with Crippen LogP contribution in [0.15, 0.2) is 39.3 Å². The highest BCUT2D eigenvalue weighted by molar-refractivity contribution is 9.10. The predicted octanol–water partition coefficient (Wildman–Crippen LogP) is 5.43. The van der Waals surface area contributed by atoms with Crippen LogP contribution in [-0.4, -0.2) is 6.29 Å². The van der Waals surface area contributed by atoms with Crippen LogP contribution in [0, 0.1) is 13.8 Å². The largest absolute Gasteiger partial charge is 0.457 e. The third kappa shape index (κ3) is 3.25. The Kier molecular flexibility index (Phi) is 4.42. The number of aldehydes is 1. The molecule has 98 valence electrons. The first-order valence-electron chi connectivity index (χ1n) is 5.70. The minimum absolute atomic E-state index is 0.521. The van der Waals surface area contributed by atoms with Gasteiger partial charge < -0.3 is 4.74 Å². The molecule has 0 aliphatic heterocycles. The van der Waals surface area contributed by atoms with Gasteiger partial charge in [-0.05, 0) is 55.3 Å². The minimum atomic E-state index is 0.521. The molecule has 0 aliphatic rings. The van der Waals surface area contributed by atoms with E-state index >= 15 is 0 Å². The number of aryl methyl sites for hydroxylation is 2. The molecule has 0 aliphatic carbocycles. The van der Waals surface area contributed by atoms with E-state index in [1.807, 2.05) is 32.0 Å². The minimum Gasteiger partial charge on any atom is -0.457 e. The third-order valence-electron chi connectivity index (χ3n) is 2.74. The number of ether oxygens (including phenoxy) is 1. The lowest BCUT2D eigenvalue weighted by molar-refractivity contribution is 0.112. The Balaban J connectivity index is 2.39. The molecule has 19 heavy (non-hydrogen) atoms. The number of carbonyl (C=O) groups excluding carboxylic acids is 1. The Labute approximate surface area is 129 Å². The van der Waals surface area contributed by atoms with E-state index in [-0.39, 0.29) is 0 Å². The Hall–Kier alpha value is -1.13. The summed E-state index contributed by atoms with van der Waals surface area (Å²) in [6.45, 7) is 4.01. The molecular formula is C15H12Br2O2. The van der Waals surface area contributed by atoms with E-state index < -0.39 is 0 Å². The van der Waals surface area contributed by atoms with Crippen molar-refractivity contribution in [3.8, 4) is 11.5 Å². The lowest BCUT2D eigenvalue weighted by atomic mass is 10.1. The maximum absolute atomic E-state index is 11.0. The molecule has 2 rings (SSSR count). The van der Waals surface area contributed by atoms with Crippen molar-refractivity contribution in [3.05, 3.63) is 56.0 Å². The molecular weight excluding hydrogens is 372 g/mol. The van der Waals surface area contributed by atoms with Crippen molar-refractivity contribution >= 4 is 38.1 Å². The van der Waals surface area contributed by atoms with Crippen molar-refractivity contribution in [2.75, 3.05) is 0 Å². The molecule has 0 fully saturated rings. The first-order chi connectivity index (χ1) is 9.01. The average molecular weight is 384 g/mol. The monoisotopic (exact) mass is 382 g/mol. The zero-order valence-electron chi connectivity index (χ0n) is 10.5. The second-order valence-electron chi connectivity index (χ2n) is 4.27. The van der Waals surface area contributed by atoms with Gasteiger partial charge >= 0.3 is 0 Å². The fraction of sp³-hybridized carbons (Fsp3) is 0.133. The topological polar surface area (TPSA) is 26.3 Å². The van der Waals surface area contributed by atoms with Crippen LogP contribution in [-0.2, 0) is 0 Å². The summed E-state index contributed by atoms with van der Waals surface area (Å²) in [7, 11) is 0. The molecule has 0 bridgehead atoms. The summed E-state index contributed by atoms with van der Waals surface area (Å²) in [6.07, 6.45) is 0.790. The van der Waals surface area contributed by atoms with Crippen LogP contribution in [0.5, 0.6) is 11.5 Å². The number of carbonyl (C=O) groups is 1. The van der Waals surface area contributed by atoms with Crippen LogP contribution in [0.2, 0.25) is 0 Å². The number of halogens is 2. The SMILES string of the molecule is Cc1cc(Oc2ccc(Br)cc2C=O)cc(C)c1Br. The molecule has 0 spiro atoms. The number of hydrogen-bond acceptors (Lipinski definition) is 2. The highest BCUT2D eigenvalue weighted by atomic mass is 79.9. The van der Waals surface area contributed by atoms with Crippen LogP contribution >= 0.6 is 31.9 Å². The van der Waals surface area contributed by atoms with Crippen molar-refractivity contribution in [1.29, 1.82) is 0 Å². The van der Waals surface area contributed by atoms with E-state index in [9.17, 15) is 4.79 Å². The Morgan fingerprint density at radius 1 is 1.05 bits per heavy atom. The Morgan fingerprint density at radius 2 is 1.68 bits per heavy atom. The van der Waals surface area contributed by atoms with Crippen LogP contribution < -0.4 is 4.74 Å². The predicted molar refractivity (Wildman–Crippen MR) is 83.2 cm³/mol. The van der Waals surface area contributed by atoms with Gasteiger partial charge in [-0.25, -0.2) is 0 Å². The second kappa shape index (κ2) is 5.88. The van der Waals surface area contributed by atoms with E-state index in [4.69, 9.17) is 4.74 Å². The third-order valence-corrected chi connectivity index (χ3v) is 4.48. The molecule has 2 aromatic carbocycles. The second-order valence-corrected chi connectivity index (χ2v) is 5.98. The van der Waals surface area contributed by atoms with E-state index in [1.54, 1.807) is 12.1 Å². The van der Waals surface area contributed by atoms with Crippen LogP contribution in [0.4, 0.5) is 0 Å². The first-order valence-corrected chi connectivity index (χ1v) is 7.29. The molecule has 0 atom stereocenters. The van der Waals surface area contributed by atoms with Gasteiger partial charge in [0, 0.05) is 8.95 Å². The molecule has 0 amide bonds. The van der Waals surface area contributed by atoms with Crippen molar-refractivity contribution < 1.29 is 9.53 Å². The molecule has 0 radical (unpaired) electrons. The zero-order valence-corrected chi connectivity index (χ0v) is 13.7. The van der Waals surface area contributed by atoms with Gasteiger partial charge in [0.1, 0.15) is 11.5 Å². The van der Waals surface area contributed by atoms with Crippen molar-refractivity contribution in [3.63, 3.8) is 0 Å². The molecule has 0 saturated carbocycles. The van der Waals surface area contributed by atoms with E-state index in [2.05, 4.69) is 31.9 Å². The summed E-state index contributed by atoms with van der Waals surface area (Å²) < 4.78 is 7.73. The lowest BCUT2D eigenvalue weighted by Gasteiger charge is -2.11. The highest BCUT2D eigenvalue weighted by Gasteiger charge is 2.08. The van der Waals surface area contributed by atoms with Gasteiger partial charge in [-0.2, -0.15) is 0 Å². The van der Waals surface area contributed by atoms with Gasteiger partial charge in [-0.3, -0.25) is 4.79 Å². The van der Waals surface area contributed by atoms with E-state index in [0.717, 1.165) is 32.1 Å². The van der Waals surface area contributed by atoms with Gasteiger partial charge in [0.15, 0.2) is 6.29 Å². The fourth-order valence-electron chi connectivity index (χ4n) is 1.80. The van der Waals surface area contributed by atoms with Crippen molar-refractivity contribution in [2.24, 2.45) is 0 Å². The molecule has 0 unspecified atom stereocenters. The molecule has 0 heterocycles. The maximum atomic E-state index is 11.0.